The normalized spacial score (nSPS) is 23.3. The SMILES string of the molecule is CCOC(=O)C(=CNN(C)C(=O)O)C(=O)C1(F)C=CC(F)=C(F)C1F. The molecular weight excluding hydrogens is 352 g/mol. The minimum Gasteiger partial charge on any atom is -0.464 e. The number of hydrogen-bond donors (Lipinski definition) is 2. The largest absolute Gasteiger partial charge is 0.464 e. The Morgan fingerprint density at radius 2 is 2.04 bits per heavy atom. The molecule has 1 aliphatic rings. The van der Waals surface area contributed by atoms with Crippen molar-refractivity contribution < 1.29 is 41.8 Å². The van der Waals surface area contributed by atoms with E-state index >= 15 is 0 Å². The number of rotatable bonds is 6. The highest BCUT2D eigenvalue weighted by Gasteiger charge is 2.52. The summed E-state index contributed by atoms with van der Waals surface area (Å²) in [4.78, 5) is 34.7. The molecule has 138 valence electrons. The number of allylic oxidation sites excluding steroid dienone is 4. The fourth-order valence-electron chi connectivity index (χ4n) is 1.70. The number of hydrogen-bond acceptors (Lipinski definition) is 5. The molecule has 1 aliphatic carbocycles. The Labute approximate surface area is 139 Å². The fraction of sp³-hybridized carbons (Fsp3) is 0.357. The average molecular weight is 366 g/mol. The Balaban J connectivity index is 3.24. The van der Waals surface area contributed by atoms with Crippen LogP contribution in [0.15, 0.2) is 35.6 Å². The average Bonchev–Trinajstić information content (AvgIpc) is 2.56. The van der Waals surface area contributed by atoms with Crippen LogP contribution in [0.3, 0.4) is 0 Å². The summed E-state index contributed by atoms with van der Waals surface area (Å²) >= 11 is 0. The third-order valence-electron chi connectivity index (χ3n) is 3.07. The zero-order chi connectivity index (χ0) is 19.4. The van der Waals surface area contributed by atoms with Gasteiger partial charge in [-0.15, -0.1) is 0 Å². The number of carbonyl (C=O) groups is 3. The maximum atomic E-state index is 14.7. The number of ether oxygens (including phenoxy) is 1. The van der Waals surface area contributed by atoms with Gasteiger partial charge in [0.25, 0.3) is 0 Å². The quantitative estimate of drug-likeness (QED) is 0.186. The molecule has 0 saturated heterocycles. The fourth-order valence-corrected chi connectivity index (χ4v) is 1.70. The molecule has 0 fully saturated rings. The van der Waals surface area contributed by atoms with Crippen LogP contribution in [-0.2, 0) is 14.3 Å². The molecule has 0 aromatic carbocycles. The van der Waals surface area contributed by atoms with Crippen LogP contribution in [0.2, 0.25) is 0 Å². The molecular formula is C14H14F4N2O5. The van der Waals surface area contributed by atoms with E-state index in [2.05, 4.69) is 4.74 Å². The van der Waals surface area contributed by atoms with Crippen LogP contribution in [-0.4, -0.2) is 53.5 Å². The highest BCUT2D eigenvalue weighted by Crippen LogP contribution is 2.37. The summed E-state index contributed by atoms with van der Waals surface area (Å²) in [6.45, 7) is 1.12. The predicted octanol–water partition coefficient (Wildman–Crippen LogP) is 1.88. The molecule has 11 heteroatoms. The first-order valence-electron chi connectivity index (χ1n) is 6.78. The van der Waals surface area contributed by atoms with Gasteiger partial charge in [-0.05, 0) is 19.1 Å². The van der Waals surface area contributed by atoms with Crippen molar-refractivity contribution in [2.75, 3.05) is 13.7 Å². The summed E-state index contributed by atoms with van der Waals surface area (Å²) in [5, 5.41) is 9.06. The molecule has 2 unspecified atom stereocenters. The Bertz CT molecular complexity index is 676. The summed E-state index contributed by atoms with van der Waals surface area (Å²) in [7, 11) is 0.980. The molecule has 0 heterocycles. The smallest absolute Gasteiger partial charge is 0.425 e. The van der Waals surface area contributed by atoms with Crippen molar-refractivity contribution in [3.63, 3.8) is 0 Å². The lowest BCUT2D eigenvalue weighted by molar-refractivity contribution is -0.142. The molecule has 1 rings (SSSR count). The second-order valence-corrected chi connectivity index (χ2v) is 4.74. The van der Waals surface area contributed by atoms with Gasteiger partial charge in [0, 0.05) is 13.2 Å². The lowest BCUT2D eigenvalue weighted by Gasteiger charge is -2.26. The van der Waals surface area contributed by atoms with E-state index in [-0.39, 0.29) is 18.8 Å². The summed E-state index contributed by atoms with van der Waals surface area (Å²) in [6, 6.07) is 0. The van der Waals surface area contributed by atoms with E-state index in [4.69, 9.17) is 5.11 Å². The van der Waals surface area contributed by atoms with Crippen molar-refractivity contribution in [2.24, 2.45) is 0 Å². The molecule has 0 saturated carbocycles. The molecule has 1 amide bonds. The standard InChI is InChI=1S/C14H14F4N2O5/c1-3-25-12(22)7(6-19-20(2)13(23)24)11(21)14(18)5-4-8(15)9(16)10(14)17/h4-6,10,19H,3H2,1-2H3,(H,23,24). The van der Waals surface area contributed by atoms with Gasteiger partial charge in [-0.2, -0.15) is 0 Å². The Morgan fingerprint density at radius 3 is 2.56 bits per heavy atom. The van der Waals surface area contributed by atoms with Gasteiger partial charge in [0.15, 0.2) is 17.8 Å². The van der Waals surface area contributed by atoms with E-state index in [1.54, 1.807) is 0 Å². The summed E-state index contributed by atoms with van der Waals surface area (Å²) in [5.41, 5.74) is -2.88. The second kappa shape index (κ2) is 7.81. The van der Waals surface area contributed by atoms with Gasteiger partial charge in [0.05, 0.1) is 6.61 Å². The maximum absolute atomic E-state index is 14.7. The van der Waals surface area contributed by atoms with Crippen LogP contribution in [0.1, 0.15) is 6.92 Å². The number of carbonyl (C=O) groups excluding carboxylic acids is 2. The Hall–Kier alpha value is -2.85. The van der Waals surface area contributed by atoms with Gasteiger partial charge in [-0.25, -0.2) is 32.2 Å². The van der Waals surface area contributed by atoms with Crippen LogP contribution < -0.4 is 5.43 Å². The van der Waals surface area contributed by atoms with Crippen LogP contribution in [0.4, 0.5) is 22.4 Å². The molecule has 2 N–H and O–H groups in total. The topological polar surface area (TPSA) is 95.9 Å². The molecule has 0 aromatic heterocycles. The van der Waals surface area contributed by atoms with Crippen LogP contribution in [0.25, 0.3) is 0 Å². The summed E-state index contributed by atoms with van der Waals surface area (Å²) in [5.74, 6) is -7.12. The van der Waals surface area contributed by atoms with Gasteiger partial charge < -0.3 is 9.84 Å². The summed E-state index contributed by atoms with van der Waals surface area (Å²) in [6.07, 6.45) is -4.04. The first kappa shape index (κ1) is 20.2. The van der Waals surface area contributed by atoms with E-state index in [0.29, 0.717) is 11.2 Å². The number of ketones is 1. The molecule has 0 radical (unpaired) electrons. The highest BCUT2D eigenvalue weighted by atomic mass is 19.2. The number of nitrogens with zero attached hydrogens (tertiary/aromatic N) is 1. The minimum atomic E-state index is -3.71. The number of carboxylic acid groups (broad SMARTS) is 1. The molecule has 0 aliphatic heterocycles. The highest BCUT2D eigenvalue weighted by molar-refractivity contribution is 6.21. The van der Waals surface area contributed by atoms with E-state index in [9.17, 15) is 31.9 Å². The molecule has 2 atom stereocenters. The molecule has 0 bridgehead atoms. The maximum Gasteiger partial charge on any atom is 0.425 e. The number of hydrazine groups is 1. The van der Waals surface area contributed by atoms with Gasteiger partial charge in [0.2, 0.25) is 11.5 Å². The lowest BCUT2D eigenvalue weighted by Crippen LogP contribution is -2.46. The van der Waals surface area contributed by atoms with Crippen LogP contribution >= 0.6 is 0 Å². The van der Waals surface area contributed by atoms with Crippen molar-refractivity contribution in [2.45, 2.75) is 18.8 Å². The number of halogens is 4. The first-order valence-corrected chi connectivity index (χ1v) is 6.78. The van der Waals surface area contributed by atoms with E-state index < -0.39 is 46.9 Å². The van der Waals surface area contributed by atoms with Crippen molar-refractivity contribution in [1.82, 2.24) is 10.4 Å². The van der Waals surface area contributed by atoms with Crippen molar-refractivity contribution in [1.29, 1.82) is 0 Å². The Kier molecular flexibility index (Phi) is 6.31. The molecule has 25 heavy (non-hydrogen) atoms. The monoisotopic (exact) mass is 366 g/mol. The van der Waals surface area contributed by atoms with Crippen molar-refractivity contribution >= 4 is 17.8 Å². The number of Topliss-reactive ketones (excluding diaryl/α,β-unsaturated/α-hetero) is 1. The zero-order valence-corrected chi connectivity index (χ0v) is 13.1. The van der Waals surface area contributed by atoms with Crippen LogP contribution in [0, 0.1) is 0 Å². The molecule has 7 nitrogen and oxygen atoms in total. The minimum absolute atomic E-state index is 0.131. The lowest BCUT2D eigenvalue weighted by atomic mass is 9.86. The number of esters is 1. The zero-order valence-electron chi connectivity index (χ0n) is 13.1. The van der Waals surface area contributed by atoms with Gasteiger partial charge >= 0.3 is 12.1 Å². The van der Waals surface area contributed by atoms with E-state index in [1.165, 1.54) is 6.92 Å². The number of alkyl halides is 2. The predicted molar refractivity (Wildman–Crippen MR) is 75.8 cm³/mol. The number of amides is 1. The van der Waals surface area contributed by atoms with E-state index in [0.717, 1.165) is 7.05 Å². The molecule has 0 aromatic rings. The van der Waals surface area contributed by atoms with Gasteiger partial charge in [-0.1, -0.05) is 0 Å². The third-order valence-corrected chi connectivity index (χ3v) is 3.07. The second-order valence-electron chi connectivity index (χ2n) is 4.74. The van der Waals surface area contributed by atoms with Crippen molar-refractivity contribution in [3.05, 3.63) is 35.6 Å². The third kappa shape index (κ3) is 4.17. The van der Waals surface area contributed by atoms with Gasteiger partial charge in [0.1, 0.15) is 5.57 Å². The Morgan fingerprint density at radius 1 is 1.44 bits per heavy atom. The van der Waals surface area contributed by atoms with Crippen LogP contribution in [0.5, 0.6) is 0 Å². The van der Waals surface area contributed by atoms with Gasteiger partial charge in [-0.3, -0.25) is 10.2 Å². The molecule has 0 spiro atoms. The summed E-state index contributed by atoms with van der Waals surface area (Å²) < 4.78 is 59.3. The van der Waals surface area contributed by atoms with Crippen molar-refractivity contribution in [3.8, 4) is 0 Å². The first-order chi connectivity index (χ1) is 11.6. The number of nitrogens with one attached hydrogen (secondary N) is 1. The van der Waals surface area contributed by atoms with E-state index in [1.807, 2.05) is 5.43 Å².